The van der Waals surface area contributed by atoms with Crippen LogP contribution in [0.3, 0.4) is 0 Å². The van der Waals surface area contributed by atoms with Gasteiger partial charge in [0.2, 0.25) is 0 Å². The number of hydrogen-bond acceptors (Lipinski definition) is 5. The highest BCUT2D eigenvalue weighted by atomic mass is 16.5. The van der Waals surface area contributed by atoms with Gasteiger partial charge in [-0.05, 0) is 38.1 Å². The van der Waals surface area contributed by atoms with E-state index in [1.807, 2.05) is 86.6 Å². The minimum atomic E-state index is -0.462. The molecule has 0 aliphatic rings. The van der Waals surface area contributed by atoms with Gasteiger partial charge in [0.15, 0.2) is 6.61 Å². The number of nitrogens with one attached hydrogen (secondary N) is 1. The van der Waals surface area contributed by atoms with Crippen LogP contribution in [0.25, 0.3) is 17.0 Å². The molecule has 0 fully saturated rings. The predicted octanol–water partition coefficient (Wildman–Crippen LogP) is 4.86. The number of anilines is 1. The van der Waals surface area contributed by atoms with Gasteiger partial charge >= 0.3 is 5.97 Å². The van der Waals surface area contributed by atoms with Crippen LogP contribution in [0, 0.1) is 13.8 Å². The van der Waals surface area contributed by atoms with Crippen LogP contribution in [0.1, 0.15) is 23.6 Å². The van der Waals surface area contributed by atoms with Crippen molar-refractivity contribution in [3.8, 4) is 17.0 Å². The maximum absolute atomic E-state index is 12.4. The van der Waals surface area contributed by atoms with Crippen LogP contribution >= 0.6 is 0 Å². The van der Waals surface area contributed by atoms with Gasteiger partial charge in [0.1, 0.15) is 11.5 Å². The summed E-state index contributed by atoms with van der Waals surface area (Å²) in [5.74, 6) is 0.567. The number of para-hydroxylation sites is 1. The zero-order chi connectivity index (χ0) is 23.2. The molecule has 7 nitrogen and oxygen atoms in total. The first-order chi connectivity index (χ1) is 16.0. The lowest BCUT2D eigenvalue weighted by molar-refractivity contribution is -0.147. The number of rotatable bonds is 8. The molecule has 0 saturated carbocycles. The molecule has 1 amide bonds. The highest BCUT2D eigenvalue weighted by Gasteiger charge is 2.16. The summed E-state index contributed by atoms with van der Waals surface area (Å²) in [5.41, 5.74) is 3.97. The van der Waals surface area contributed by atoms with E-state index < -0.39 is 11.9 Å². The van der Waals surface area contributed by atoms with Crippen LogP contribution in [0.2, 0.25) is 0 Å². The van der Waals surface area contributed by atoms with Crippen LogP contribution in [0.15, 0.2) is 77.2 Å². The Morgan fingerprint density at radius 2 is 1.67 bits per heavy atom. The number of aryl methyl sites for hydroxylation is 2. The molecule has 4 rings (SSSR count). The van der Waals surface area contributed by atoms with E-state index in [1.165, 1.54) is 0 Å². The molecule has 0 spiro atoms. The number of carbonyl (C=O) groups excluding carboxylic acids is 2. The van der Waals surface area contributed by atoms with Crippen LogP contribution in [0.4, 0.5) is 5.69 Å². The summed E-state index contributed by atoms with van der Waals surface area (Å²) >= 11 is 0. The lowest BCUT2D eigenvalue weighted by atomic mass is 10.2. The van der Waals surface area contributed by atoms with Crippen molar-refractivity contribution < 1.29 is 18.7 Å². The van der Waals surface area contributed by atoms with Crippen molar-refractivity contribution in [1.82, 2.24) is 9.78 Å². The van der Waals surface area contributed by atoms with E-state index >= 15 is 0 Å². The average Bonchev–Trinajstić information content (AvgIpc) is 3.43. The molecule has 0 bridgehead atoms. The average molecular weight is 444 g/mol. The van der Waals surface area contributed by atoms with E-state index in [4.69, 9.17) is 9.15 Å². The zero-order valence-corrected chi connectivity index (χ0v) is 18.6. The van der Waals surface area contributed by atoms with Crippen molar-refractivity contribution in [2.45, 2.75) is 26.7 Å². The van der Waals surface area contributed by atoms with E-state index in [9.17, 15) is 9.59 Å². The fraction of sp³-hybridized carbons (Fsp3) is 0.192. The van der Waals surface area contributed by atoms with Gasteiger partial charge in [-0.3, -0.25) is 9.59 Å². The van der Waals surface area contributed by atoms with E-state index in [2.05, 4.69) is 10.4 Å². The first-order valence-corrected chi connectivity index (χ1v) is 10.7. The molecule has 0 saturated heterocycles. The Morgan fingerprint density at radius 1 is 0.970 bits per heavy atom. The summed E-state index contributed by atoms with van der Waals surface area (Å²) in [6.45, 7) is 3.34. The molecule has 0 aliphatic carbocycles. The van der Waals surface area contributed by atoms with E-state index in [1.54, 1.807) is 4.68 Å². The predicted molar refractivity (Wildman–Crippen MR) is 125 cm³/mol. The third-order valence-electron chi connectivity index (χ3n) is 5.22. The topological polar surface area (TPSA) is 86.4 Å². The van der Waals surface area contributed by atoms with Gasteiger partial charge in [-0.15, -0.1) is 0 Å². The number of nitrogens with zero attached hydrogens (tertiary/aromatic N) is 2. The van der Waals surface area contributed by atoms with Gasteiger partial charge in [-0.2, -0.15) is 5.10 Å². The summed E-state index contributed by atoms with van der Waals surface area (Å²) in [6.07, 6.45) is 0.522. The fourth-order valence-electron chi connectivity index (χ4n) is 3.53. The van der Waals surface area contributed by atoms with Crippen LogP contribution in [0.5, 0.6) is 0 Å². The van der Waals surface area contributed by atoms with Crippen LogP contribution in [-0.2, 0) is 20.7 Å². The minimum Gasteiger partial charge on any atom is -0.461 e. The first-order valence-electron chi connectivity index (χ1n) is 10.7. The van der Waals surface area contributed by atoms with E-state index in [0.29, 0.717) is 23.6 Å². The molecule has 0 aliphatic heterocycles. The summed E-state index contributed by atoms with van der Waals surface area (Å²) in [4.78, 5) is 24.5. The molecule has 0 atom stereocenters. The molecule has 4 aromatic rings. The second kappa shape index (κ2) is 9.99. The molecule has 1 N–H and O–H groups in total. The lowest BCUT2D eigenvalue weighted by Gasteiger charge is -2.08. The van der Waals surface area contributed by atoms with Gasteiger partial charge in [0.05, 0.1) is 29.2 Å². The first kappa shape index (κ1) is 22.1. The minimum absolute atomic E-state index is 0.124. The molecular weight excluding hydrogens is 418 g/mol. The summed E-state index contributed by atoms with van der Waals surface area (Å²) in [7, 11) is 0. The van der Waals surface area contributed by atoms with Crippen molar-refractivity contribution in [2.24, 2.45) is 0 Å². The quantitative estimate of drug-likeness (QED) is 0.393. The Labute approximate surface area is 192 Å². The number of benzene rings is 2. The Hall–Kier alpha value is -4.13. The second-order valence-electron chi connectivity index (χ2n) is 7.63. The van der Waals surface area contributed by atoms with Gasteiger partial charge in [0, 0.05) is 12.0 Å². The van der Waals surface area contributed by atoms with Crippen molar-refractivity contribution in [3.63, 3.8) is 0 Å². The zero-order valence-electron chi connectivity index (χ0n) is 18.6. The van der Waals surface area contributed by atoms with E-state index in [-0.39, 0.29) is 13.0 Å². The monoisotopic (exact) mass is 443 g/mol. The van der Waals surface area contributed by atoms with Crippen molar-refractivity contribution in [3.05, 3.63) is 89.9 Å². The maximum Gasteiger partial charge on any atom is 0.306 e. The van der Waals surface area contributed by atoms with Crippen LogP contribution in [-0.4, -0.2) is 28.3 Å². The number of esters is 1. The molecule has 2 heterocycles. The molecule has 168 valence electrons. The van der Waals surface area contributed by atoms with Crippen LogP contribution < -0.4 is 5.32 Å². The number of carbonyl (C=O) groups is 2. The van der Waals surface area contributed by atoms with Gasteiger partial charge in [-0.1, -0.05) is 48.5 Å². The SMILES string of the molecule is Cc1nn(-c2ccccc2)c(C)c1NC(=O)COC(=O)CCc1ccc(-c2ccccc2)o1. The second-order valence-corrected chi connectivity index (χ2v) is 7.63. The summed E-state index contributed by atoms with van der Waals surface area (Å²) in [5, 5.41) is 7.30. The third kappa shape index (κ3) is 5.38. The normalized spacial score (nSPS) is 10.7. The highest BCUT2D eigenvalue weighted by molar-refractivity contribution is 5.94. The Bertz CT molecular complexity index is 1240. The van der Waals surface area contributed by atoms with Crippen molar-refractivity contribution >= 4 is 17.6 Å². The number of hydrogen-bond donors (Lipinski definition) is 1. The fourth-order valence-corrected chi connectivity index (χ4v) is 3.53. The molecule has 0 radical (unpaired) electrons. The molecule has 33 heavy (non-hydrogen) atoms. The number of furan rings is 1. The molecular formula is C26H25N3O4. The van der Waals surface area contributed by atoms with Gasteiger partial charge < -0.3 is 14.5 Å². The molecule has 0 unspecified atom stereocenters. The highest BCUT2D eigenvalue weighted by Crippen LogP contribution is 2.23. The number of ether oxygens (including phenoxy) is 1. The largest absolute Gasteiger partial charge is 0.461 e. The number of aromatic nitrogens is 2. The summed E-state index contributed by atoms with van der Waals surface area (Å²) < 4.78 is 12.7. The standard InChI is InChI=1S/C26H25N3O4/c1-18-26(19(2)29(28-18)21-11-7-4-8-12-21)27-24(30)17-32-25(31)16-14-22-13-15-23(33-22)20-9-5-3-6-10-20/h3-13,15H,14,16-17H2,1-2H3,(H,27,30). The van der Waals surface area contributed by atoms with Gasteiger partial charge in [0.25, 0.3) is 5.91 Å². The third-order valence-corrected chi connectivity index (χ3v) is 5.22. The molecule has 7 heteroatoms. The van der Waals surface area contributed by atoms with Gasteiger partial charge in [-0.25, -0.2) is 4.68 Å². The van der Waals surface area contributed by atoms with Crippen molar-refractivity contribution in [1.29, 1.82) is 0 Å². The Morgan fingerprint density at radius 3 is 2.39 bits per heavy atom. The lowest BCUT2D eigenvalue weighted by Crippen LogP contribution is -2.21. The molecule has 2 aromatic carbocycles. The summed E-state index contributed by atoms with van der Waals surface area (Å²) in [6, 6.07) is 23.1. The Balaban J connectivity index is 1.27. The van der Waals surface area contributed by atoms with E-state index in [0.717, 1.165) is 22.7 Å². The smallest absolute Gasteiger partial charge is 0.306 e. The maximum atomic E-state index is 12.4. The molecule has 2 aromatic heterocycles. The van der Waals surface area contributed by atoms with Crippen molar-refractivity contribution in [2.75, 3.05) is 11.9 Å². The number of amides is 1. The Kier molecular flexibility index (Phi) is 6.69.